The number of hydrogen-bond donors (Lipinski definition) is 0. The zero-order valence-corrected chi connectivity index (χ0v) is 29.3. The van der Waals surface area contributed by atoms with Gasteiger partial charge in [0.2, 0.25) is 25.4 Å². The smallest absolute Gasteiger partial charge is 0.239 e. The first kappa shape index (κ1) is 31.6. The van der Waals surface area contributed by atoms with Crippen LogP contribution in [0, 0.1) is 11.8 Å². The number of carbonyl (C=O) groups is 3. The van der Waals surface area contributed by atoms with Crippen LogP contribution in [0.5, 0.6) is 23.0 Å². The lowest BCUT2D eigenvalue weighted by Gasteiger charge is -2.39. The van der Waals surface area contributed by atoms with Crippen LogP contribution in [0.2, 0.25) is 0 Å². The van der Waals surface area contributed by atoms with E-state index in [0.29, 0.717) is 62.1 Å². The number of hydrogen-bond acceptors (Lipinski definition) is 7. The van der Waals surface area contributed by atoms with E-state index in [0.717, 1.165) is 11.1 Å². The second-order valence-corrected chi connectivity index (χ2v) is 14.4. The summed E-state index contributed by atoms with van der Waals surface area (Å²) in [6.45, 7) is 0.137. The molecule has 8 heteroatoms. The van der Waals surface area contributed by atoms with Crippen molar-refractivity contribution in [3.63, 3.8) is 0 Å². The monoisotopic (exact) mass is 721 g/mol. The lowest BCUT2D eigenvalue weighted by Crippen LogP contribution is -2.45. The van der Waals surface area contributed by atoms with Crippen LogP contribution in [0.15, 0.2) is 152 Å². The van der Waals surface area contributed by atoms with E-state index >= 15 is 14.4 Å². The first-order valence-corrected chi connectivity index (χ1v) is 18.3. The first-order chi connectivity index (χ1) is 27.0. The molecule has 4 atom stereocenters. The van der Waals surface area contributed by atoms with Crippen molar-refractivity contribution < 1.29 is 33.3 Å². The van der Waals surface area contributed by atoms with Gasteiger partial charge in [-0.2, -0.15) is 0 Å². The first-order valence-electron chi connectivity index (χ1n) is 18.3. The number of carbonyl (C=O) groups excluding carboxylic acids is 3. The summed E-state index contributed by atoms with van der Waals surface area (Å²) in [7, 11) is 0. The predicted molar refractivity (Wildman–Crippen MR) is 205 cm³/mol. The summed E-state index contributed by atoms with van der Waals surface area (Å²) in [6.07, 6.45) is 0. The zero-order valence-electron chi connectivity index (χ0n) is 29.3. The van der Waals surface area contributed by atoms with Crippen molar-refractivity contribution in [3.05, 3.63) is 174 Å². The van der Waals surface area contributed by atoms with Crippen LogP contribution in [0.1, 0.15) is 22.3 Å². The number of Topliss-reactive ketones (excluding diaryl/α,β-unsaturated/α-hetero) is 1. The summed E-state index contributed by atoms with van der Waals surface area (Å²) in [5.41, 5.74) is 3.23. The average Bonchev–Trinajstić information content (AvgIpc) is 4.05. The molecule has 2 amide bonds. The highest BCUT2D eigenvalue weighted by molar-refractivity contribution is 6.39. The molecular weight excluding hydrogens is 691 g/mol. The number of ketones is 1. The lowest BCUT2D eigenvalue weighted by molar-refractivity contribution is -0.130. The largest absolute Gasteiger partial charge is 0.454 e. The molecule has 266 valence electrons. The number of fused-ring (bicyclic) bond motifs is 7. The van der Waals surface area contributed by atoms with Crippen molar-refractivity contribution in [2.24, 2.45) is 11.8 Å². The van der Waals surface area contributed by atoms with Gasteiger partial charge in [-0.15, -0.1) is 0 Å². The van der Waals surface area contributed by atoms with Crippen LogP contribution in [0.3, 0.4) is 0 Å². The highest BCUT2D eigenvalue weighted by Gasteiger charge is 2.82. The van der Waals surface area contributed by atoms with Gasteiger partial charge >= 0.3 is 0 Å². The van der Waals surface area contributed by atoms with Crippen LogP contribution in [0.4, 0.5) is 5.69 Å². The van der Waals surface area contributed by atoms with Crippen molar-refractivity contribution in [2.75, 3.05) is 18.5 Å². The van der Waals surface area contributed by atoms with Crippen molar-refractivity contribution >= 4 is 34.4 Å². The van der Waals surface area contributed by atoms with Gasteiger partial charge in [-0.3, -0.25) is 14.4 Å². The maximum Gasteiger partial charge on any atom is 0.239 e. The Hall–Kier alpha value is -6.93. The van der Waals surface area contributed by atoms with E-state index in [-0.39, 0.29) is 19.4 Å². The standard InChI is InChI=1S/C47H31NO7/c49-43-41-42(44(50)48(43)34-20-16-29(17-21-34)28-10-4-1-5-11-28)47(33-14-8-3-9-15-33)40(31-19-23-36-38(25-31)55-27-53-36)39(30-18-22-35-37(24-30)54-26-52-35)46(41,45(47)51)32-12-6-2-7-13-32/h1-25,41-42H,26-27H2/t41-,42-,46+,47+/m1/s1. The van der Waals surface area contributed by atoms with E-state index < -0.39 is 34.5 Å². The fourth-order valence-electron chi connectivity index (χ4n) is 9.92. The molecule has 2 fully saturated rings. The summed E-state index contributed by atoms with van der Waals surface area (Å²) in [5, 5.41) is 0. The van der Waals surface area contributed by atoms with Gasteiger partial charge in [0.05, 0.1) is 28.4 Å². The predicted octanol–water partition coefficient (Wildman–Crippen LogP) is 8.00. The number of amides is 2. The van der Waals surface area contributed by atoms with E-state index in [1.165, 1.54) is 4.90 Å². The molecule has 2 aliphatic carbocycles. The minimum absolute atomic E-state index is 0.0687. The molecule has 11 rings (SSSR count). The lowest BCUT2D eigenvalue weighted by atomic mass is 9.59. The van der Waals surface area contributed by atoms with Crippen LogP contribution < -0.4 is 23.8 Å². The number of ether oxygens (including phenoxy) is 4. The number of allylic oxidation sites excluding steroid dienone is 2. The molecule has 0 N–H and O–H groups in total. The molecule has 0 spiro atoms. The SMILES string of the molecule is O=C1[C@H]2[C@H](C(=O)N1c1ccc(-c3ccccc3)cc1)[C@@]1(c3ccccc3)C(=O)[C@@]2(c2ccccc2)C(c2ccc3c(c2)OCO3)=C1c1ccc2c(c1)OCO2. The van der Waals surface area contributed by atoms with Crippen molar-refractivity contribution in [1.29, 1.82) is 0 Å². The Kier molecular flexibility index (Phi) is 6.62. The molecule has 1 saturated heterocycles. The normalized spacial score (nSPS) is 24.2. The van der Waals surface area contributed by atoms with Gasteiger partial charge in [0.25, 0.3) is 0 Å². The van der Waals surface area contributed by atoms with Crippen LogP contribution in [0.25, 0.3) is 22.3 Å². The minimum Gasteiger partial charge on any atom is -0.454 e. The number of rotatable bonds is 6. The maximum atomic E-state index is 16.3. The Bertz CT molecular complexity index is 2480. The van der Waals surface area contributed by atoms with Crippen LogP contribution in [-0.2, 0) is 25.2 Å². The Balaban J connectivity index is 1.22. The van der Waals surface area contributed by atoms with Gasteiger partial charge in [0.1, 0.15) is 0 Å². The fourth-order valence-corrected chi connectivity index (χ4v) is 9.92. The number of nitrogens with zero attached hydrogens (tertiary/aromatic N) is 1. The van der Waals surface area contributed by atoms with E-state index in [9.17, 15) is 0 Å². The topological polar surface area (TPSA) is 91.4 Å². The van der Waals surface area contributed by atoms with Crippen molar-refractivity contribution in [1.82, 2.24) is 0 Å². The van der Waals surface area contributed by atoms with Gasteiger partial charge in [-0.05, 0) is 80.9 Å². The third kappa shape index (κ3) is 4.08. The average molecular weight is 722 g/mol. The second kappa shape index (κ2) is 11.5. The van der Waals surface area contributed by atoms with Crippen molar-refractivity contribution in [3.8, 4) is 34.1 Å². The van der Waals surface area contributed by atoms with E-state index in [1.54, 1.807) is 0 Å². The summed E-state index contributed by atoms with van der Waals surface area (Å²) in [6, 6.07) is 47.6. The van der Waals surface area contributed by atoms with E-state index in [2.05, 4.69) is 0 Å². The highest BCUT2D eigenvalue weighted by atomic mass is 16.7. The quantitative estimate of drug-likeness (QED) is 0.161. The van der Waals surface area contributed by atoms with Gasteiger partial charge in [0.15, 0.2) is 28.8 Å². The van der Waals surface area contributed by atoms with E-state index in [4.69, 9.17) is 18.9 Å². The minimum atomic E-state index is -1.58. The van der Waals surface area contributed by atoms with Gasteiger partial charge in [-0.25, -0.2) is 4.90 Å². The summed E-state index contributed by atoms with van der Waals surface area (Å²) < 4.78 is 23.2. The second-order valence-electron chi connectivity index (χ2n) is 14.4. The summed E-state index contributed by atoms with van der Waals surface area (Å²) >= 11 is 0. The van der Waals surface area contributed by atoms with Crippen molar-refractivity contribution in [2.45, 2.75) is 10.8 Å². The summed E-state index contributed by atoms with van der Waals surface area (Å²) in [5.74, 6) is -0.936. The summed E-state index contributed by atoms with van der Waals surface area (Å²) in [4.78, 5) is 48.5. The third-order valence-corrected chi connectivity index (χ3v) is 12.0. The molecule has 8 nitrogen and oxygen atoms in total. The molecule has 0 aromatic heterocycles. The Labute approximate surface area is 316 Å². The molecule has 5 aliphatic rings. The Morgan fingerprint density at radius 1 is 0.436 bits per heavy atom. The Morgan fingerprint density at radius 2 is 0.836 bits per heavy atom. The molecule has 6 aromatic rings. The number of anilines is 1. The molecule has 3 heterocycles. The Morgan fingerprint density at radius 3 is 1.31 bits per heavy atom. The molecule has 0 unspecified atom stereocenters. The van der Waals surface area contributed by atoms with Crippen LogP contribution in [-0.4, -0.2) is 31.2 Å². The molecular formula is C47H31NO7. The zero-order chi connectivity index (χ0) is 36.9. The van der Waals surface area contributed by atoms with Crippen LogP contribution >= 0.6 is 0 Å². The molecule has 3 aliphatic heterocycles. The molecule has 1 saturated carbocycles. The maximum absolute atomic E-state index is 16.3. The van der Waals surface area contributed by atoms with Gasteiger partial charge in [-0.1, -0.05) is 115 Å². The van der Waals surface area contributed by atoms with Gasteiger partial charge in [0, 0.05) is 0 Å². The fraction of sp³-hybridized carbons (Fsp3) is 0.128. The molecule has 2 bridgehead atoms. The van der Waals surface area contributed by atoms with Gasteiger partial charge < -0.3 is 18.9 Å². The number of benzene rings is 6. The third-order valence-electron chi connectivity index (χ3n) is 12.0. The molecule has 55 heavy (non-hydrogen) atoms. The van der Waals surface area contributed by atoms with E-state index in [1.807, 2.05) is 152 Å². The molecule has 6 aromatic carbocycles. The highest BCUT2D eigenvalue weighted by Crippen LogP contribution is 2.74. The number of imide groups is 1. The molecule has 0 radical (unpaired) electrons.